The number of aryl methyl sites for hydroxylation is 1. The molecule has 0 spiro atoms. The van der Waals surface area contributed by atoms with Gasteiger partial charge in [0.25, 0.3) is 11.7 Å². The molecule has 0 aromatic heterocycles. The van der Waals surface area contributed by atoms with E-state index in [0.29, 0.717) is 35.8 Å². The number of amides is 1. The number of rotatable bonds is 10. The highest BCUT2D eigenvalue weighted by Gasteiger charge is 2.46. The van der Waals surface area contributed by atoms with Crippen molar-refractivity contribution in [1.29, 1.82) is 0 Å². The van der Waals surface area contributed by atoms with Crippen LogP contribution in [0.15, 0.2) is 48.0 Å². The lowest BCUT2D eigenvalue weighted by Gasteiger charge is -2.25. The number of carbonyl (C=O) groups excluding carboxylic acids is 2. The zero-order valence-corrected chi connectivity index (χ0v) is 19.6. The van der Waals surface area contributed by atoms with E-state index in [1.807, 2.05) is 45.0 Å². The lowest BCUT2D eigenvalue weighted by atomic mass is 9.94. The summed E-state index contributed by atoms with van der Waals surface area (Å²) in [5.74, 6) is -0.263. The first-order valence-electron chi connectivity index (χ1n) is 11.2. The van der Waals surface area contributed by atoms with E-state index in [-0.39, 0.29) is 24.5 Å². The lowest BCUT2D eigenvalue weighted by Crippen LogP contribution is -2.32. The number of likely N-dealkylation sites (tertiary alicyclic amines) is 1. The van der Waals surface area contributed by atoms with Crippen molar-refractivity contribution in [2.45, 2.75) is 33.2 Å². The summed E-state index contributed by atoms with van der Waals surface area (Å²) < 4.78 is 16.5. The molecule has 0 bridgehead atoms. The normalized spacial score (nSPS) is 17.5. The van der Waals surface area contributed by atoms with Crippen molar-refractivity contribution in [3.63, 3.8) is 0 Å². The molecule has 1 aliphatic rings. The van der Waals surface area contributed by atoms with Crippen molar-refractivity contribution in [1.82, 2.24) is 4.90 Å². The van der Waals surface area contributed by atoms with Crippen LogP contribution in [0.1, 0.15) is 43.0 Å². The van der Waals surface area contributed by atoms with Gasteiger partial charge in [-0.1, -0.05) is 19.1 Å². The minimum Gasteiger partial charge on any atom is -0.507 e. The maximum Gasteiger partial charge on any atom is 0.295 e. The van der Waals surface area contributed by atoms with E-state index < -0.39 is 17.7 Å². The Balaban J connectivity index is 2.11. The van der Waals surface area contributed by atoms with Gasteiger partial charge in [0.1, 0.15) is 17.3 Å². The summed E-state index contributed by atoms with van der Waals surface area (Å²) >= 11 is 0. The molecule has 0 aliphatic carbocycles. The Bertz CT molecular complexity index is 1040. The maximum atomic E-state index is 13.1. The molecule has 0 radical (unpaired) electrons. The van der Waals surface area contributed by atoms with E-state index in [9.17, 15) is 14.7 Å². The molecule has 176 valence electrons. The molecule has 1 atom stereocenters. The summed E-state index contributed by atoms with van der Waals surface area (Å²) in [5, 5.41) is 11.2. The number of methoxy groups -OCH3 is 1. The molecule has 1 unspecified atom stereocenters. The van der Waals surface area contributed by atoms with Gasteiger partial charge in [-0.3, -0.25) is 9.59 Å². The van der Waals surface area contributed by atoms with Crippen LogP contribution in [-0.2, 0) is 14.3 Å². The Kier molecular flexibility index (Phi) is 8.11. The maximum absolute atomic E-state index is 13.1. The Morgan fingerprint density at radius 3 is 2.52 bits per heavy atom. The Labute approximate surface area is 194 Å². The van der Waals surface area contributed by atoms with Crippen LogP contribution in [0.3, 0.4) is 0 Å². The van der Waals surface area contributed by atoms with E-state index in [4.69, 9.17) is 14.2 Å². The van der Waals surface area contributed by atoms with E-state index in [1.165, 1.54) is 12.0 Å². The van der Waals surface area contributed by atoms with Crippen molar-refractivity contribution >= 4 is 17.4 Å². The number of hydrogen-bond donors (Lipinski definition) is 1. The van der Waals surface area contributed by atoms with Crippen LogP contribution in [0.4, 0.5) is 0 Å². The largest absolute Gasteiger partial charge is 0.507 e. The van der Waals surface area contributed by atoms with E-state index in [0.717, 1.165) is 12.0 Å². The third kappa shape index (κ3) is 5.20. The second-order valence-electron chi connectivity index (χ2n) is 7.82. The molecule has 1 saturated heterocycles. The van der Waals surface area contributed by atoms with Crippen molar-refractivity contribution in [3.05, 3.63) is 64.7 Å². The fourth-order valence-electron chi connectivity index (χ4n) is 3.91. The van der Waals surface area contributed by atoms with Gasteiger partial charge in [0, 0.05) is 19.2 Å². The van der Waals surface area contributed by atoms with Crippen molar-refractivity contribution in [3.8, 4) is 11.5 Å². The number of hydrogen-bond acceptors (Lipinski definition) is 6. The zero-order chi connectivity index (χ0) is 24.0. The third-order valence-corrected chi connectivity index (χ3v) is 5.47. The Morgan fingerprint density at radius 1 is 1.06 bits per heavy atom. The average molecular weight is 454 g/mol. The molecule has 1 aliphatic heterocycles. The molecule has 7 heteroatoms. The van der Waals surface area contributed by atoms with Crippen molar-refractivity contribution in [2.24, 2.45) is 0 Å². The number of benzene rings is 2. The molecule has 2 aromatic carbocycles. The summed E-state index contributed by atoms with van der Waals surface area (Å²) in [6, 6.07) is 11.7. The summed E-state index contributed by atoms with van der Waals surface area (Å²) in [7, 11) is 1.54. The first-order valence-corrected chi connectivity index (χ1v) is 11.2. The number of nitrogens with zero attached hydrogens (tertiary/aromatic N) is 1. The third-order valence-electron chi connectivity index (χ3n) is 5.47. The van der Waals surface area contributed by atoms with Crippen molar-refractivity contribution < 1.29 is 28.9 Å². The number of aliphatic hydroxyl groups excluding tert-OH is 1. The fourth-order valence-corrected chi connectivity index (χ4v) is 3.91. The highest BCUT2D eigenvalue weighted by molar-refractivity contribution is 6.46. The zero-order valence-electron chi connectivity index (χ0n) is 19.6. The highest BCUT2D eigenvalue weighted by Crippen LogP contribution is 2.40. The predicted molar refractivity (Wildman–Crippen MR) is 125 cm³/mol. The Hall–Kier alpha value is -3.32. The topological polar surface area (TPSA) is 85.3 Å². The molecule has 1 fully saturated rings. The van der Waals surface area contributed by atoms with Gasteiger partial charge in [0.15, 0.2) is 0 Å². The SMILES string of the molecule is CCCOc1cccc(C2/C(=C(\O)c3ccc(OCC)c(C)c3)C(=O)C(=O)N2CCOC)c1. The second-order valence-corrected chi connectivity index (χ2v) is 7.82. The van der Waals surface area contributed by atoms with E-state index >= 15 is 0 Å². The van der Waals surface area contributed by atoms with Gasteiger partial charge in [-0.05, 0) is 61.7 Å². The van der Waals surface area contributed by atoms with E-state index in [1.54, 1.807) is 18.2 Å². The van der Waals surface area contributed by atoms with Crippen LogP contribution >= 0.6 is 0 Å². The first kappa shape index (κ1) is 24.3. The number of ether oxygens (including phenoxy) is 3. The van der Waals surface area contributed by atoms with Crippen LogP contribution in [0.25, 0.3) is 5.76 Å². The average Bonchev–Trinajstić information content (AvgIpc) is 3.07. The van der Waals surface area contributed by atoms with Crippen LogP contribution < -0.4 is 9.47 Å². The van der Waals surface area contributed by atoms with Crippen LogP contribution in [0.5, 0.6) is 11.5 Å². The number of carbonyl (C=O) groups is 2. The molecular weight excluding hydrogens is 422 g/mol. The van der Waals surface area contributed by atoms with Gasteiger partial charge in [-0.2, -0.15) is 0 Å². The monoisotopic (exact) mass is 453 g/mol. The summed E-state index contributed by atoms with van der Waals surface area (Å²) in [6.07, 6.45) is 0.855. The quantitative estimate of drug-likeness (QED) is 0.329. The van der Waals surface area contributed by atoms with Gasteiger partial charge >= 0.3 is 0 Å². The van der Waals surface area contributed by atoms with Crippen LogP contribution in [-0.4, -0.2) is 55.2 Å². The fraction of sp³-hybridized carbons (Fsp3) is 0.385. The highest BCUT2D eigenvalue weighted by atomic mass is 16.5. The molecule has 33 heavy (non-hydrogen) atoms. The number of aliphatic hydroxyl groups is 1. The van der Waals surface area contributed by atoms with Crippen LogP contribution in [0.2, 0.25) is 0 Å². The smallest absolute Gasteiger partial charge is 0.295 e. The second kappa shape index (κ2) is 11.0. The Morgan fingerprint density at radius 2 is 1.85 bits per heavy atom. The van der Waals surface area contributed by atoms with Gasteiger partial charge in [-0.15, -0.1) is 0 Å². The molecule has 0 saturated carbocycles. The lowest BCUT2D eigenvalue weighted by molar-refractivity contribution is -0.140. The summed E-state index contributed by atoms with van der Waals surface area (Å²) in [4.78, 5) is 27.5. The molecule has 2 aromatic rings. The van der Waals surface area contributed by atoms with Gasteiger partial charge in [0.2, 0.25) is 0 Å². The minimum absolute atomic E-state index is 0.0484. The molecule has 1 N–H and O–H groups in total. The number of Topliss-reactive ketones (excluding diaryl/α,β-unsaturated/α-hetero) is 1. The van der Waals surface area contributed by atoms with Gasteiger partial charge in [0.05, 0.1) is 31.4 Å². The van der Waals surface area contributed by atoms with Gasteiger partial charge in [-0.25, -0.2) is 0 Å². The molecule has 7 nitrogen and oxygen atoms in total. The summed E-state index contributed by atoms with van der Waals surface area (Å²) in [6.45, 7) is 7.33. The molecule has 3 rings (SSSR count). The van der Waals surface area contributed by atoms with Gasteiger partial charge < -0.3 is 24.2 Å². The van der Waals surface area contributed by atoms with Crippen LogP contribution in [0, 0.1) is 6.92 Å². The number of ketones is 1. The molecular formula is C26H31NO6. The predicted octanol–water partition coefficient (Wildman–Crippen LogP) is 4.25. The molecule has 1 heterocycles. The van der Waals surface area contributed by atoms with E-state index in [2.05, 4.69) is 0 Å². The first-order chi connectivity index (χ1) is 15.9. The summed E-state index contributed by atoms with van der Waals surface area (Å²) in [5.41, 5.74) is 2.00. The molecule has 1 amide bonds. The van der Waals surface area contributed by atoms with Crippen molar-refractivity contribution in [2.75, 3.05) is 33.5 Å². The minimum atomic E-state index is -0.753. The standard InChI is InChI=1S/C26H31NO6/c1-5-13-33-20-9-7-8-18(16-20)23-22(25(29)26(30)27(23)12-14-31-4)24(28)19-10-11-21(32-6-2)17(3)15-19/h7-11,15-16,23,28H,5-6,12-14H2,1-4H3/b24-22+.